The van der Waals surface area contributed by atoms with E-state index < -0.39 is 0 Å². The molecule has 4 rings (SSSR count). The van der Waals surface area contributed by atoms with E-state index >= 15 is 0 Å². The molecular weight excluding hydrogens is 548 g/mol. The number of aliphatic imine (C=N–C) groups is 1. The Labute approximate surface area is 255 Å². The topological polar surface area (TPSA) is 93.2 Å². The monoisotopic (exact) mass is 592 g/mol. The van der Waals surface area contributed by atoms with Crippen molar-refractivity contribution < 1.29 is 19.0 Å². The van der Waals surface area contributed by atoms with Crippen LogP contribution in [-0.2, 0) is 9.53 Å². The number of nitrogens with one attached hydrogen (secondary N) is 3. The third-order valence-corrected chi connectivity index (χ3v) is 6.55. The lowest BCUT2D eigenvalue weighted by molar-refractivity contribution is -0.115. The molecule has 0 radical (unpaired) electrons. The molecule has 3 N–H and O–H groups in total. The number of hydrogen-bond donors (Lipinski definition) is 3. The first-order valence-electron chi connectivity index (χ1n) is 14.0. The van der Waals surface area contributed by atoms with Crippen molar-refractivity contribution in [3.8, 4) is 11.5 Å². The average molecular weight is 593 g/mol. The number of nitrogens with zero attached hydrogens (tertiary/aromatic N) is 1. The molecule has 0 amide bonds. The normalized spacial score (nSPS) is 16.8. The molecule has 1 unspecified atom stereocenters. The molecule has 42 heavy (non-hydrogen) atoms. The maximum Gasteiger partial charge on any atom is 0.156 e. The van der Waals surface area contributed by atoms with Gasteiger partial charge < -0.3 is 34.4 Å². The molecule has 226 valence electrons. The Balaban J connectivity index is 0.000000523. The summed E-state index contributed by atoms with van der Waals surface area (Å²) in [4.78, 5) is 15.8. The molecule has 2 aliphatic rings. The average Bonchev–Trinajstić information content (AvgIpc) is 3.55. The largest absolute Gasteiger partial charge is 0.497 e. The van der Waals surface area contributed by atoms with Gasteiger partial charge in [0.1, 0.15) is 23.9 Å². The number of anilines is 2. The van der Waals surface area contributed by atoms with Gasteiger partial charge in [0.2, 0.25) is 0 Å². The summed E-state index contributed by atoms with van der Waals surface area (Å²) in [7, 11) is 5.16. The number of hydrogen-bond acceptors (Lipinski definition) is 9. The van der Waals surface area contributed by atoms with Crippen LogP contribution in [0.2, 0.25) is 0 Å². The van der Waals surface area contributed by atoms with Gasteiger partial charge in [-0.3, -0.25) is 0 Å². The summed E-state index contributed by atoms with van der Waals surface area (Å²) in [5.41, 5.74) is 4.36. The molecule has 1 aliphatic carbocycles. The van der Waals surface area contributed by atoms with Gasteiger partial charge in [0.15, 0.2) is 5.82 Å². The zero-order valence-corrected chi connectivity index (χ0v) is 26.3. The minimum absolute atomic E-state index is 0.0833. The van der Waals surface area contributed by atoms with Crippen LogP contribution in [0.1, 0.15) is 40.0 Å². The fourth-order valence-corrected chi connectivity index (χ4v) is 4.36. The second kappa shape index (κ2) is 19.2. The molecule has 1 fully saturated rings. The predicted octanol–water partition coefficient (Wildman–Crippen LogP) is 7.55. The highest BCUT2D eigenvalue weighted by atomic mass is 32.2. The highest BCUT2D eigenvalue weighted by Crippen LogP contribution is 2.28. The van der Waals surface area contributed by atoms with Gasteiger partial charge in [-0.05, 0) is 61.6 Å². The molecule has 2 aromatic carbocycles. The van der Waals surface area contributed by atoms with Crippen molar-refractivity contribution in [1.29, 1.82) is 0 Å². The van der Waals surface area contributed by atoms with Crippen LogP contribution in [-0.4, -0.2) is 46.0 Å². The Hall–Kier alpha value is -3.95. The van der Waals surface area contributed by atoms with E-state index in [2.05, 4.69) is 41.8 Å². The van der Waals surface area contributed by atoms with E-state index in [1.807, 2.05) is 74.7 Å². The van der Waals surface area contributed by atoms with E-state index in [1.54, 1.807) is 14.2 Å². The molecule has 0 aromatic heterocycles. The molecule has 0 spiro atoms. The van der Waals surface area contributed by atoms with Crippen molar-refractivity contribution in [2.45, 2.75) is 51.0 Å². The van der Waals surface area contributed by atoms with E-state index in [0.717, 1.165) is 59.0 Å². The van der Waals surface area contributed by atoms with Crippen LogP contribution in [0.3, 0.4) is 0 Å². The Kier molecular flexibility index (Phi) is 15.7. The van der Waals surface area contributed by atoms with Crippen molar-refractivity contribution in [1.82, 2.24) is 4.72 Å². The maximum absolute atomic E-state index is 9.88. The van der Waals surface area contributed by atoms with Crippen LogP contribution in [0.25, 0.3) is 0 Å². The molecule has 2 aromatic rings. The summed E-state index contributed by atoms with van der Waals surface area (Å²) in [5, 5.41) is 6.57. The summed E-state index contributed by atoms with van der Waals surface area (Å²) in [6.07, 6.45) is 11.8. The van der Waals surface area contributed by atoms with Crippen LogP contribution in [0.5, 0.6) is 11.5 Å². The Bertz CT molecular complexity index is 1260. The van der Waals surface area contributed by atoms with Gasteiger partial charge in [-0.1, -0.05) is 51.1 Å². The van der Waals surface area contributed by atoms with Gasteiger partial charge in [-0.2, -0.15) is 0 Å². The van der Waals surface area contributed by atoms with Crippen molar-refractivity contribution >= 4 is 35.3 Å². The van der Waals surface area contributed by atoms with E-state index in [1.165, 1.54) is 18.4 Å². The number of ether oxygens (including phenoxy) is 3. The SMILES string of the molecule is C=C1C=CC=C/C1=N/C(NSc1cccc(NC)c1)=C(\C)Nc1cc(OC)cc(OC)c1.CCC.O=CC1CCCO1. The zero-order chi connectivity index (χ0) is 30.7. The zero-order valence-electron chi connectivity index (χ0n) is 25.5. The third-order valence-electron chi connectivity index (χ3n) is 5.77. The lowest BCUT2D eigenvalue weighted by atomic mass is 10.1. The highest BCUT2D eigenvalue weighted by Gasteiger charge is 2.12. The first kappa shape index (κ1) is 34.3. The van der Waals surface area contributed by atoms with Gasteiger partial charge in [0, 0.05) is 48.1 Å². The van der Waals surface area contributed by atoms with Crippen LogP contribution < -0.4 is 24.8 Å². The molecule has 1 atom stereocenters. The second-order valence-corrected chi connectivity index (χ2v) is 10.2. The lowest BCUT2D eigenvalue weighted by Gasteiger charge is -2.16. The minimum Gasteiger partial charge on any atom is -0.497 e. The van der Waals surface area contributed by atoms with Crippen molar-refractivity contribution in [3.63, 3.8) is 0 Å². The van der Waals surface area contributed by atoms with Crippen LogP contribution in [0, 0.1) is 0 Å². The fraction of sp³-hybridized carbons (Fsp3) is 0.333. The second-order valence-electron chi connectivity index (χ2n) is 9.32. The van der Waals surface area contributed by atoms with Crippen molar-refractivity contribution in [2.24, 2.45) is 4.99 Å². The molecule has 0 bridgehead atoms. The predicted molar refractivity (Wildman–Crippen MR) is 177 cm³/mol. The summed E-state index contributed by atoms with van der Waals surface area (Å²) < 4.78 is 19.1. The number of rotatable bonds is 10. The lowest BCUT2D eigenvalue weighted by Crippen LogP contribution is -2.12. The standard InChI is InChI=1S/C25H28N4O2S.C5H8O2.C3H8/c1-17-9-6-7-12-24(17)28-25(29-32-23-11-8-10-19(15-23)26-3)18(2)27-20-13-21(30-4)16-22(14-20)31-5;6-4-5-2-1-3-7-5;1-3-2/h6-16,26-27,29H,1H2,2-5H3;4-5H,1-3H2;3H2,1-2H3/b25-18-,28-24-;;. The minimum atomic E-state index is -0.0833. The molecule has 9 heteroatoms. The van der Waals surface area contributed by atoms with E-state index in [-0.39, 0.29) is 6.10 Å². The molecule has 1 heterocycles. The number of carbonyl (C=O) groups excluding carboxylic acids is 1. The molecular formula is C33H44N4O4S. The molecule has 8 nitrogen and oxygen atoms in total. The Morgan fingerprint density at radius 1 is 1.10 bits per heavy atom. The van der Waals surface area contributed by atoms with E-state index in [0.29, 0.717) is 17.3 Å². The van der Waals surface area contributed by atoms with E-state index in [4.69, 9.17) is 19.2 Å². The number of benzene rings is 2. The molecule has 1 saturated heterocycles. The highest BCUT2D eigenvalue weighted by molar-refractivity contribution is 7.97. The molecule has 1 aliphatic heterocycles. The van der Waals surface area contributed by atoms with Gasteiger partial charge in [0.05, 0.1) is 25.6 Å². The summed E-state index contributed by atoms with van der Waals surface area (Å²) in [6, 6.07) is 13.8. The smallest absolute Gasteiger partial charge is 0.156 e. The number of carbonyl (C=O) groups is 1. The van der Waals surface area contributed by atoms with Crippen LogP contribution >= 0.6 is 11.9 Å². The van der Waals surface area contributed by atoms with Gasteiger partial charge in [0.25, 0.3) is 0 Å². The van der Waals surface area contributed by atoms with Crippen LogP contribution in [0.4, 0.5) is 11.4 Å². The maximum atomic E-state index is 9.88. The van der Waals surface area contributed by atoms with Crippen molar-refractivity contribution in [2.75, 3.05) is 38.5 Å². The van der Waals surface area contributed by atoms with Crippen LogP contribution in [0.15, 0.2) is 100 Å². The third kappa shape index (κ3) is 11.9. The Morgan fingerprint density at radius 2 is 1.79 bits per heavy atom. The quantitative estimate of drug-likeness (QED) is 0.192. The Morgan fingerprint density at radius 3 is 2.33 bits per heavy atom. The van der Waals surface area contributed by atoms with Gasteiger partial charge in [-0.15, -0.1) is 0 Å². The first-order valence-corrected chi connectivity index (χ1v) is 14.8. The number of aldehydes is 1. The van der Waals surface area contributed by atoms with Crippen molar-refractivity contribution in [3.05, 3.63) is 90.4 Å². The fourth-order valence-electron chi connectivity index (χ4n) is 3.61. The summed E-state index contributed by atoms with van der Waals surface area (Å²) >= 11 is 1.49. The summed E-state index contributed by atoms with van der Waals surface area (Å²) in [5.74, 6) is 2.09. The molecule has 0 saturated carbocycles. The van der Waals surface area contributed by atoms with E-state index in [9.17, 15) is 4.79 Å². The number of allylic oxidation sites excluding steroid dienone is 6. The van der Waals surface area contributed by atoms with Gasteiger partial charge in [-0.25, -0.2) is 4.99 Å². The van der Waals surface area contributed by atoms with Gasteiger partial charge >= 0.3 is 0 Å². The summed E-state index contributed by atoms with van der Waals surface area (Å²) in [6.45, 7) is 11.1. The number of methoxy groups -OCH3 is 2. The first-order chi connectivity index (χ1) is 20.4.